The first-order valence-electron chi connectivity index (χ1n) is 11.9. The zero-order valence-corrected chi connectivity index (χ0v) is 21.9. The monoisotopic (exact) mass is 553 g/mol. The summed E-state index contributed by atoms with van der Waals surface area (Å²) in [6.07, 6.45) is 0.819. The third kappa shape index (κ3) is 12.5. The van der Waals surface area contributed by atoms with E-state index in [0.29, 0.717) is 17.7 Å². The summed E-state index contributed by atoms with van der Waals surface area (Å²) in [5, 5.41) is 25.7. The first-order valence-corrected chi connectivity index (χ1v) is 13.3. The Morgan fingerprint density at radius 3 is 1.92 bits per heavy atom. The number of carboxylic acids is 2. The minimum Gasteiger partial charge on any atom is -0.481 e. The topological polar surface area (TPSA) is 231 Å². The van der Waals surface area contributed by atoms with E-state index < -0.39 is 66.2 Å². The van der Waals surface area contributed by atoms with E-state index in [9.17, 15) is 33.9 Å². The van der Waals surface area contributed by atoms with Gasteiger partial charge in [0, 0.05) is 19.3 Å². The van der Waals surface area contributed by atoms with Crippen molar-refractivity contribution < 1.29 is 39.0 Å². The Balaban J connectivity index is 3.10. The van der Waals surface area contributed by atoms with Crippen molar-refractivity contribution in [3.8, 4) is 0 Å². The van der Waals surface area contributed by atoms with Crippen LogP contribution in [0.1, 0.15) is 37.7 Å². The molecule has 14 heteroatoms. The van der Waals surface area contributed by atoms with E-state index in [2.05, 4.69) is 16.0 Å². The molecule has 38 heavy (non-hydrogen) atoms. The van der Waals surface area contributed by atoms with Crippen LogP contribution in [0.5, 0.6) is 0 Å². The fourth-order valence-electron chi connectivity index (χ4n) is 3.34. The minimum atomic E-state index is -1.49. The average molecular weight is 554 g/mol. The predicted molar refractivity (Wildman–Crippen MR) is 140 cm³/mol. The molecular formula is C24H35N5O8S. The number of carbonyl (C=O) groups is 6. The van der Waals surface area contributed by atoms with Crippen LogP contribution in [-0.4, -0.2) is 82.0 Å². The van der Waals surface area contributed by atoms with Gasteiger partial charge in [-0.25, -0.2) is 4.79 Å². The van der Waals surface area contributed by atoms with Gasteiger partial charge in [-0.2, -0.15) is 11.8 Å². The van der Waals surface area contributed by atoms with Crippen LogP contribution in [0.2, 0.25) is 0 Å². The second kappa shape index (κ2) is 17.0. The van der Waals surface area contributed by atoms with Gasteiger partial charge in [0.25, 0.3) is 0 Å². The van der Waals surface area contributed by atoms with Gasteiger partial charge in [-0.15, -0.1) is 0 Å². The Kier molecular flexibility index (Phi) is 14.5. The summed E-state index contributed by atoms with van der Waals surface area (Å²) < 4.78 is 0. The van der Waals surface area contributed by atoms with Gasteiger partial charge in [0.15, 0.2) is 0 Å². The van der Waals surface area contributed by atoms with Crippen LogP contribution in [0.25, 0.3) is 0 Å². The van der Waals surface area contributed by atoms with Crippen molar-refractivity contribution >= 4 is 47.3 Å². The molecule has 4 unspecified atom stereocenters. The smallest absolute Gasteiger partial charge is 0.326 e. The first-order chi connectivity index (χ1) is 17.9. The summed E-state index contributed by atoms with van der Waals surface area (Å²) in [5.41, 5.74) is 11.7. The van der Waals surface area contributed by atoms with Crippen molar-refractivity contribution in [1.82, 2.24) is 16.0 Å². The number of aliphatic carboxylic acids is 2. The van der Waals surface area contributed by atoms with Crippen molar-refractivity contribution in [2.45, 2.75) is 62.7 Å². The average Bonchev–Trinajstić information content (AvgIpc) is 2.86. The molecule has 0 fully saturated rings. The number of carboxylic acid groups (broad SMARTS) is 2. The van der Waals surface area contributed by atoms with Crippen LogP contribution < -0.4 is 27.4 Å². The number of hydrogen-bond acceptors (Lipinski definition) is 8. The van der Waals surface area contributed by atoms with Gasteiger partial charge in [-0.1, -0.05) is 30.3 Å². The Hall–Kier alpha value is -3.65. The van der Waals surface area contributed by atoms with E-state index in [1.165, 1.54) is 11.8 Å². The maximum absolute atomic E-state index is 13.2. The quantitative estimate of drug-likeness (QED) is 0.117. The summed E-state index contributed by atoms with van der Waals surface area (Å²) in [6, 6.07) is 3.80. The number of amides is 4. The van der Waals surface area contributed by atoms with E-state index in [1.807, 2.05) is 6.26 Å². The first kappa shape index (κ1) is 32.4. The lowest BCUT2D eigenvalue weighted by molar-refractivity contribution is -0.143. The normalized spacial score (nSPS) is 13.8. The molecule has 9 N–H and O–H groups in total. The number of nitrogens with two attached hydrogens (primary N) is 2. The molecule has 4 atom stereocenters. The van der Waals surface area contributed by atoms with Crippen LogP contribution in [0.15, 0.2) is 30.3 Å². The molecule has 0 saturated carbocycles. The molecule has 0 aromatic heterocycles. The van der Waals surface area contributed by atoms with Gasteiger partial charge in [0.05, 0.1) is 6.04 Å². The molecular weight excluding hydrogens is 518 g/mol. The molecule has 13 nitrogen and oxygen atoms in total. The Morgan fingerprint density at radius 1 is 0.816 bits per heavy atom. The molecule has 0 aliphatic heterocycles. The summed E-state index contributed by atoms with van der Waals surface area (Å²) in [5.74, 6) is -5.13. The summed E-state index contributed by atoms with van der Waals surface area (Å²) in [6.45, 7) is 0. The Bertz CT molecular complexity index is 978. The third-order valence-electron chi connectivity index (χ3n) is 5.46. The molecule has 0 heterocycles. The fraction of sp³-hybridized carbons (Fsp3) is 0.500. The van der Waals surface area contributed by atoms with Gasteiger partial charge >= 0.3 is 11.9 Å². The van der Waals surface area contributed by atoms with E-state index in [0.717, 1.165) is 0 Å². The van der Waals surface area contributed by atoms with Crippen molar-refractivity contribution in [2.24, 2.45) is 11.5 Å². The van der Waals surface area contributed by atoms with Gasteiger partial charge in [-0.3, -0.25) is 24.0 Å². The number of nitrogens with one attached hydrogen (secondary N) is 3. The standard InChI is InChI=1S/C24H35N5O8S/c1-38-12-11-15(25)21(33)29-18(13-14-5-3-2-4-6-14)23(35)27-16(8-10-20(31)32)22(34)28-17(24(36)37)7-9-19(26)30/h2-6,15-18H,7-13,25H2,1H3,(H2,26,30)(H,27,35)(H,28,34)(H,29,33)(H,31,32)(H,36,37). The molecule has 1 aromatic carbocycles. The van der Waals surface area contributed by atoms with Gasteiger partial charge < -0.3 is 37.6 Å². The van der Waals surface area contributed by atoms with Gasteiger partial charge in [0.1, 0.15) is 18.1 Å². The SMILES string of the molecule is CSCCC(N)C(=O)NC(Cc1ccccc1)C(=O)NC(CCC(=O)O)C(=O)NC(CCC(N)=O)C(=O)O. The second-order valence-corrected chi connectivity index (χ2v) is 9.52. The fourth-order valence-corrected chi connectivity index (χ4v) is 3.83. The highest BCUT2D eigenvalue weighted by Gasteiger charge is 2.31. The molecule has 0 saturated heterocycles. The lowest BCUT2D eigenvalue weighted by Gasteiger charge is -2.25. The maximum atomic E-state index is 13.2. The van der Waals surface area contributed by atoms with Gasteiger partial charge in [0.2, 0.25) is 23.6 Å². The molecule has 0 aliphatic carbocycles. The predicted octanol–water partition coefficient (Wildman–Crippen LogP) is -1.02. The molecule has 1 aromatic rings. The van der Waals surface area contributed by atoms with Gasteiger partial charge in [-0.05, 0) is 36.8 Å². The second-order valence-electron chi connectivity index (χ2n) is 8.54. The van der Waals surface area contributed by atoms with Crippen molar-refractivity contribution in [1.29, 1.82) is 0 Å². The van der Waals surface area contributed by atoms with Crippen LogP contribution in [0, 0.1) is 0 Å². The lowest BCUT2D eigenvalue weighted by atomic mass is 10.0. The Morgan fingerprint density at radius 2 is 1.37 bits per heavy atom. The van der Waals surface area contributed by atoms with E-state index in [-0.39, 0.29) is 25.7 Å². The van der Waals surface area contributed by atoms with Crippen LogP contribution in [0.4, 0.5) is 0 Å². The summed E-state index contributed by atoms with van der Waals surface area (Å²) >= 11 is 1.51. The summed E-state index contributed by atoms with van der Waals surface area (Å²) in [4.78, 5) is 72.5. The highest BCUT2D eigenvalue weighted by molar-refractivity contribution is 7.98. The largest absolute Gasteiger partial charge is 0.481 e. The van der Waals surface area contributed by atoms with Crippen LogP contribution in [-0.2, 0) is 35.2 Å². The van der Waals surface area contributed by atoms with E-state index >= 15 is 0 Å². The Labute approximate surface area is 224 Å². The zero-order chi connectivity index (χ0) is 28.7. The van der Waals surface area contributed by atoms with Crippen LogP contribution in [0.3, 0.4) is 0 Å². The van der Waals surface area contributed by atoms with Crippen LogP contribution >= 0.6 is 11.8 Å². The number of carbonyl (C=O) groups excluding carboxylic acids is 4. The van der Waals surface area contributed by atoms with E-state index in [1.54, 1.807) is 30.3 Å². The number of primary amides is 1. The molecule has 0 radical (unpaired) electrons. The lowest BCUT2D eigenvalue weighted by Crippen LogP contribution is -2.57. The number of benzene rings is 1. The van der Waals surface area contributed by atoms with Crippen molar-refractivity contribution in [3.05, 3.63) is 35.9 Å². The zero-order valence-electron chi connectivity index (χ0n) is 21.1. The van der Waals surface area contributed by atoms with Crippen molar-refractivity contribution in [2.75, 3.05) is 12.0 Å². The summed E-state index contributed by atoms with van der Waals surface area (Å²) in [7, 11) is 0. The molecule has 0 bridgehead atoms. The van der Waals surface area contributed by atoms with Crippen molar-refractivity contribution in [3.63, 3.8) is 0 Å². The highest BCUT2D eigenvalue weighted by atomic mass is 32.2. The third-order valence-corrected chi connectivity index (χ3v) is 6.10. The van der Waals surface area contributed by atoms with E-state index in [4.69, 9.17) is 16.6 Å². The number of thioether (sulfide) groups is 1. The highest BCUT2D eigenvalue weighted by Crippen LogP contribution is 2.08. The molecule has 0 spiro atoms. The number of rotatable bonds is 18. The molecule has 4 amide bonds. The molecule has 1 rings (SSSR count). The molecule has 0 aliphatic rings. The minimum absolute atomic E-state index is 0.0529. The number of hydrogen-bond donors (Lipinski definition) is 7. The maximum Gasteiger partial charge on any atom is 0.326 e. The molecule has 210 valence electrons.